The van der Waals surface area contributed by atoms with E-state index in [1.165, 1.54) is 0 Å². The molecular formula is C16H20ClN3O3. The monoisotopic (exact) mass is 337 g/mol. The molecule has 2 aliphatic rings. The molecule has 23 heavy (non-hydrogen) atoms. The van der Waals surface area contributed by atoms with E-state index in [4.69, 9.17) is 16.3 Å². The third-order valence-electron chi connectivity index (χ3n) is 4.12. The first-order chi connectivity index (χ1) is 11.1. The lowest BCUT2D eigenvalue weighted by atomic mass is 10.2. The van der Waals surface area contributed by atoms with Gasteiger partial charge in [0.05, 0.1) is 6.10 Å². The summed E-state index contributed by atoms with van der Waals surface area (Å²) >= 11 is 5.86. The Kier molecular flexibility index (Phi) is 5.03. The topological polar surface area (TPSA) is 61.9 Å². The van der Waals surface area contributed by atoms with Crippen LogP contribution >= 0.6 is 11.6 Å². The van der Waals surface area contributed by atoms with Crippen LogP contribution in [-0.4, -0.2) is 55.7 Å². The molecule has 1 unspecified atom stereocenters. The van der Waals surface area contributed by atoms with Crippen molar-refractivity contribution in [2.75, 3.05) is 37.7 Å². The summed E-state index contributed by atoms with van der Waals surface area (Å²) in [6.07, 6.45) is 2.13. The smallest absolute Gasteiger partial charge is 0.325 e. The Morgan fingerprint density at radius 1 is 1.30 bits per heavy atom. The Bertz CT molecular complexity index is 572. The number of nitrogens with zero attached hydrogens (tertiary/aromatic N) is 2. The first kappa shape index (κ1) is 16.1. The summed E-state index contributed by atoms with van der Waals surface area (Å²) in [7, 11) is 0. The molecule has 1 aromatic carbocycles. The predicted octanol–water partition coefficient (Wildman–Crippen LogP) is 1.88. The molecule has 6 nitrogen and oxygen atoms in total. The number of hydrogen-bond donors (Lipinski definition) is 1. The molecular weight excluding hydrogens is 318 g/mol. The van der Waals surface area contributed by atoms with Crippen LogP contribution in [0.2, 0.25) is 5.02 Å². The molecule has 0 aliphatic carbocycles. The van der Waals surface area contributed by atoms with Gasteiger partial charge in [0.1, 0.15) is 6.54 Å². The van der Waals surface area contributed by atoms with Crippen molar-refractivity contribution in [1.29, 1.82) is 0 Å². The maximum atomic E-state index is 12.4. The second-order valence-electron chi connectivity index (χ2n) is 5.77. The summed E-state index contributed by atoms with van der Waals surface area (Å²) in [6.45, 7) is 2.47. The van der Waals surface area contributed by atoms with E-state index in [1.54, 1.807) is 34.1 Å². The van der Waals surface area contributed by atoms with Gasteiger partial charge < -0.3 is 15.0 Å². The molecule has 2 heterocycles. The summed E-state index contributed by atoms with van der Waals surface area (Å²) in [5, 5.41) is 3.47. The van der Waals surface area contributed by atoms with Crippen molar-refractivity contribution >= 4 is 29.2 Å². The van der Waals surface area contributed by atoms with Crippen molar-refractivity contribution in [2.24, 2.45) is 0 Å². The van der Waals surface area contributed by atoms with Crippen LogP contribution in [0.25, 0.3) is 0 Å². The molecule has 0 aromatic heterocycles. The zero-order valence-corrected chi connectivity index (χ0v) is 13.6. The van der Waals surface area contributed by atoms with Crippen LogP contribution in [0.1, 0.15) is 12.8 Å². The van der Waals surface area contributed by atoms with Crippen LogP contribution in [0.5, 0.6) is 0 Å². The quantitative estimate of drug-likeness (QED) is 0.892. The van der Waals surface area contributed by atoms with Crippen LogP contribution in [0.15, 0.2) is 24.3 Å². The van der Waals surface area contributed by atoms with Crippen LogP contribution in [0, 0.1) is 0 Å². The predicted molar refractivity (Wildman–Crippen MR) is 87.8 cm³/mol. The zero-order chi connectivity index (χ0) is 16.2. The van der Waals surface area contributed by atoms with Crippen molar-refractivity contribution in [3.63, 3.8) is 0 Å². The normalized spacial score (nSPS) is 21.1. The Labute approximate surface area is 140 Å². The summed E-state index contributed by atoms with van der Waals surface area (Å²) in [5.74, 6) is -0.146. The SMILES string of the molecule is O=C(CN1CCN(c2ccc(Cl)cc2)C1=O)NCC1CCCO1. The average Bonchev–Trinajstić information content (AvgIpc) is 3.18. The summed E-state index contributed by atoms with van der Waals surface area (Å²) in [6, 6.07) is 6.96. The van der Waals surface area contributed by atoms with Gasteiger partial charge >= 0.3 is 6.03 Å². The summed E-state index contributed by atoms with van der Waals surface area (Å²) in [4.78, 5) is 27.6. The average molecular weight is 338 g/mol. The fraction of sp³-hybridized carbons (Fsp3) is 0.500. The minimum Gasteiger partial charge on any atom is -0.376 e. The van der Waals surface area contributed by atoms with Crippen molar-refractivity contribution < 1.29 is 14.3 Å². The third-order valence-corrected chi connectivity index (χ3v) is 4.37. The number of carbonyl (C=O) groups excluding carboxylic acids is 2. The number of ether oxygens (including phenoxy) is 1. The van der Waals surface area contributed by atoms with Gasteiger partial charge in [-0.05, 0) is 37.1 Å². The van der Waals surface area contributed by atoms with E-state index in [0.717, 1.165) is 25.1 Å². The highest BCUT2D eigenvalue weighted by Gasteiger charge is 2.30. The number of hydrogen-bond acceptors (Lipinski definition) is 3. The number of carbonyl (C=O) groups is 2. The molecule has 7 heteroatoms. The van der Waals surface area contributed by atoms with Crippen LogP contribution < -0.4 is 10.2 Å². The van der Waals surface area contributed by atoms with Gasteiger partial charge in [0.15, 0.2) is 0 Å². The maximum absolute atomic E-state index is 12.4. The van der Waals surface area contributed by atoms with Crippen molar-refractivity contribution in [1.82, 2.24) is 10.2 Å². The van der Waals surface area contributed by atoms with E-state index in [9.17, 15) is 9.59 Å². The highest BCUT2D eigenvalue weighted by atomic mass is 35.5. The van der Waals surface area contributed by atoms with E-state index in [1.807, 2.05) is 0 Å². The van der Waals surface area contributed by atoms with E-state index < -0.39 is 0 Å². The van der Waals surface area contributed by atoms with Gasteiger partial charge in [-0.1, -0.05) is 11.6 Å². The lowest BCUT2D eigenvalue weighted by molar-refractivity contribution is -0.122. The molecule has 0 bridgehead atoms. The van der Waals surface area contributed by atoms with E-state index in [2.05, 4.69) is 5.32 Å². The minimum absolute atomic E-state index is 0.0790. The van der Waals surface area contributed by atoms with E-state index in [-0.39, 0.29) is 24.6 Å². The highest BCUT2D eigenvalue weighted by Crippen LogP contribution is 2.22. The van der Waals surface area contributed by atoms with Gasteiger partial charge in [0.25, 0.3) is 0 Å². The van der Waals surface area contributed by atoms with Crippen molar-refractivity contribution in [3.05, 3.63) is 29.3 Å². The molecule has 1 atom stereocenters. The molecule has 2 saturated heterocycles. The molecule has 124 valence electrons. The van der Waals surface area contributed by atoms with Crippen LogP contribution in [-0.2, 0) is 9.53 Å². The van der Waals surface area contributed by atoms with Crippen LogP contribution in [0.4, 0.5) is 10.5 Å². The maximum Gasteiger partial charge on any atom is 0.325 e. The molecule has 0 saturated carbocycles. The van der Waals surface area contributed by atoms with Crippen molar-refractivity contribution in [3.8, 4) is 0 Å². The third kappa shape index (κ3) is 3.95. The number of anilines is 1. The molecule has 2 fully saturated rings. The lowest BCUT2D eigenvalue weighted by Gasteiger charge is -2.19. The van der Waals surface area contributed by atoms with Crippen LogP contribution in [0.3, 0.4) is 0 Å². The standard InChI is InChI=1S/C16H20ClN3O3/c17-12-3-5-13(6-4-12)20-8-7-19(16(20)22)11-15(21)18-10-14-2-1-9-23-14/h3-6,14H,1-2,7-11H2,(H,18,21). The second-order valence-corrected chi connectivity index (χ2v) is 6.21. The number of halogens is 1. The van der Waals surface area contributed by atoms with Gasteiger partial charge in [0, 0.05) is 37.0 Å². The number of rotatable bonds is 5. The molecule has 0 spiro atoms. The van der Waals surface area contributed by atoms with Gasteiger partial charge in [-0.3, -0.25) is 9.69 Å². The highest BCUT2D eigenvalue weighted by molar-refractivity contribution is 6.30. The van der Waals surface area contributed by atoms with Gasteiger partial charge in [-0.2, -0.15) is 0 Å². The fourth-order valence-corrected chi connectivity index (χ4v) is 2.98. The second kappa shape index (κ2) is 7.19. The van der Waals surface area contributed by atoms with Gasteiger partial charge in [-0.25, -0.2) is 4.79 Å². The number of urea groups is 1. The molecule has 3 rings (SSSR count). The Balaban J connectivity index is 1.50. The summed E-state index contributed by atoms with van der Waals surface area (Å²) < 4.78 is 5.46. The minimum atomic E-state index is -0.153. The number of benzene rings is 1. The Morgan fingerprint density at radius 2 is 2.09 bits per heavy atom. The number of amides is 3. The molecule has 0 radical (unpaired) electrons. The first-order valence-corrected chi connectivity index (χ1v) is 8.21. The summed E-state index contributed by atoms with van der Waals surface area (Å²) in [5.41, 5.74) is 0.793. The Hall–Kier alpha value is -1.79. The molecule has 1 N–H and O–H groups in total. The van der Waals surface area contributed by atoms with Gasteiger partial charge in [-0.15, -0.1) is 0 Å². The zero-order valence-electron chi connectivity index (χ0n) is 12.8. The molecule has 3 amide bonds. The fourth-order valence-electron chi connectivity index (χ4n) is 2.85. The largest absolute Gasteiger partial charge is 0.376 e. The lowest BCUT2D eigenvalue weighted by Crippen LogP contribution is -2.42. The number of nitrogens with one attached hydrogen (secondary N) is 1. The Morgan fingerprint density at radius 3 is 2.78 bits per heavy atom. The van der Waals surface area contributed by atoms with Gasteiger partial charge in [0.2, 0.25) is 5.91 Å². The first-order valence-electron chi connectivity index (χ1n) is 7.84. The van der Waals surface area contributed by atoms with E-state index in [0.29, 0.717) is 24.7 Å². The van der Waals surface area contributed by atoms with E-state index >= 15 is 0 Å². The van der Waals surface area contributed by atoms with Crippen molar-refractivity contribution in [2.45, 2.75) is 18.9 Å². The molecule has 2 aliphatic heterocycles. The molecule has 1 aromatic rings.